The highest BCUT2D eigenvalue weighted by atomic mass is 35.5. The van der Waals surface area contributed by atoms with E-state index in [9.17, 15) is 9.18 Å². The number of amides is 1. The Morgan fingerprint density at radius 1 is 1.32 bits per heavy atom. The van der Waals surface area contributed by atoms with Crippen LogP contribution in [0.3, 0.4) is 0 Å². The smallest absolute Gasteiger partial charge is 0.248 e. The van der Waals surface area contributed by atoms with Crippen LogP contribution in [0.4, 0.5) is 15.8 Å². The second-order valence-electron chi connectivity index (χ2n) is 5.90. The van der Waals surface area contributed by atoms with E-state index in [-0.39, 0.29) is 10.9 Å². The molecule has 1 amide bonds. The molecule has 0 aliphatic carbocycles. The van der Waals surface area contributed by atoms with Gasteiger partial charge in [0, 0.05) is 28.9 Å². The topological polar surface area (TPSA) is 82.2 Å². The number of hydrogen-bond acceptors (Lipinski definition) is 4. The maximum Gasteiger partial charge on any atom is 0.248 e. The first kappa shape index (κ1) is 19.4. The van der Waals surface area contributed by atoms with Crippen molar-refractivity contribution in [1.82, 2.24) is 9.78 Å². The zero-order chi connectivity index (χ0) is 19.9. The van der Waals surface area contributed by atoms with Crippen molar-refractivity contribution < 1.29 is 13.9 Å². The number of carbonyl (C=O) groups excluding carboxylic acids is 1. The van der Waals surface area contributed by atoms with E-state index in [1.807, 2.05) is 0 Å². The van der Waals surface area contributed by atoms with E-state index in [0.29, 0.717) is 30.3 Å². The molecule has 0 bridgehead atoms. The van der Waals surface area contributed by atoms with Gasteiger partial charge < -0.3 is 15.8 Å². The average molecular weight is 401 g/mol. The molecule has 0 saturated carbocycles. The number of aromatic nitrogens is 2. The Bertz CT molecular complexity index is 983. The summed E-state index contributed by atoms with van der Waals surface area (Å²) >= 11 is 5.78. The molecule has 0 aliphatic heterocycles. The Balaban J connectivity index is 1.50. The molecule has 0 unspecified atom stereocenters. The molecule has 8 heteroatoms. The lowest BCUT2D eigenvalue weighted by Crippen LogP contribution is -2.09. The normalized spacial score (nSPS) is 10.9. The highest BCUT2D eigenvalue weighted by Crippen LogP contribution is 2.20. The predicted molar refractivity (Wildman–Crippen MR) is 108 cm³/mol. The molecule has 2 aromatic carbocycles. The van der Waals surface area contributed by atoms with Gasteiger partial charge in [0.1, 0.15) is 18.2 Å². The molecule has 3 N–H and O–H groups in total. The lowest BCUT2D eigenvalue weighted by molar-refractivity contribution is -0.111. The van der Waals surface area contributed by atoms with Crippen LogP contribution in [0.1, 0.15) is 5.56 Å². The first-order valence-corrected chi connectivity index (χ1v) is 8.82. The van der Waals surface area contributed by atoms with Gasteiger partial charge >= 0.3 is 0 Å². The number of nitrogen functional groups attached to an aromatic ring is 1. The molecule has 0 radical (unpaired) electrons. The number of hydrogen-bond donors (Lipinski definition) is 2. The third-order valence-corrected chi connectivity index (χ3v) is 3.94. The minimum atomic E-state index is -0.454. The molecule has 1 heterocycles. The van der Waals surface area contributed by atoms with E-state index in [1.54, 1.807) is 53.5 Å². The summed E-state index contributed by atoms with van der Waals surface area (Å²) in [5.41, 5.74) is 7.60. The highest BCUT2D eigenvalue weighted by molar-refractivity contribution is 6.30. The zero-order valence-corrected chi connectivity index (χ0v) is 15.6. The van der Waals surface area contributed by atoms with E-state index >= 15 is 0 Å². The van der Waals surface area contributed by atoms with Gasteiger partial charge in [-0.2, -0.15) is 5.10 Å². The highest BCUT2D eigenvalue weighted by Gasteiger charge is 2.03. The average Bonchev–Trinajstić information content (AvgIpc) is 3.09. The van der Waals surface area contributed by atoms with Crippen molar-refractivity contribution in [3.63, 3.8) is 0 Å². The van der Waals surface area contributed by atoms with Gasteiger partial charge in [-0.1, -0.05) is 23.7 Å². The Labute approximate surface area is 166 Å². The minimum absolute atomic E-state index is 0.275. The number of halogens is 2. The molecule has 1 aromatic heterocycles. The Kier molecular flexibility index (Phi) is 6.29. The second-order valence-corrected chi connectivity index (χ2v) is 6.34. The summed E-state index contributed by atoms with van der Waals surface area (Å²) in [5.74, 6) is -0.393. The maximum absolute atomic E-state index is 13.3. The fourth-order valence-corrected chi connectivity index (χ4v) is 2.63. The van der Waals surface area contributed by atoms with Gasteiger partial charge in [0.25, 0.3) is 0 Å². The van der Waals surface area contributed by atoms with Crippen molar-refractivity contribution in [1.29, 1.82) is 0 Å². The van der Waals surface area contributed by atoms with Crippen LogP contribution in [0.25, 0.3) is 6.08 Å². The quantitative estimate of drug-likeness (QED) is 0.464. The van der Waals surface area contributed by atoms with Crippen LogP contribution in [-0.4, -0.2) is 22.3 Å². The van der Waals surface area contributed by atoms with Crippen LogP contribution in [0.15, 0.2) is 60.9 Å². The number of nitrogens with two attached hydrogens (primary N) is 1. The molecule has 0 aliphatic rings. The van der Waals surface area contributed by atoms with Crippen molar-refractivity contribution in [2.24, 2.45) is 0 Å². The molecule has 3 aromatic rings. The number of rotatable bonds is 7. The van der Waals surface area contributed by atoms with Crippen LogP contribution in [0.2, 0.25) is 5.02 Å². The number of para-hydroxylation sites is 2. The molecule has 0 fully saturated rings. The van der Waals surface area contributed by atoms with E-state index in [4.69, 9.17) is 22.1 Å². The van der Waals surface area contributed by atoms with Crippen LogP contribution in [0.5, 0.6) is 5.75 Å². The van der Waals surface area contributed by atoms with Gasteiger partial charge in [0.2, 0.25) is 5.91 Å². The lowest BCUT2D eigenvalue weighted by atomic mass is 10.2. The summed E-state index contributed by atoms with van der Waals surface area (Å²) in [6.45, 7) is 0.743. The van der Waals surface area contributed by atoms with Gasteiger partial charge in [0.15, 0.2) is 0 Å². The number of carbonyl (C=O) groups is 1. The summed E-state index contributed by atoms with van der Waals surface area (Å²) in [6, 6.07) is 11.0. The number of ether oxygens (including phenoxy) is 1. The van der Waals surface area contributed by atoms with Crippen molar-refractivity contribution in [3.8, 4) is 5.75 Å². The second kappa shape index (κ2) is 9.05. The lowest BCUT2D eigenvalue weighted by Gasteiger charge is -2.06. The van der Waals surface area contributed by atoms with Gasteiger partial charge in [-0.25, -0.2) is 4.39 Å². The SMILES string of the molecule is Nc1ccccc1NC(=O)/C=C/c1cnn(CCOc2cc(F)cc(Cl)c2)c1. The summed E-state index contributed by atoms with van der Waals surface area (Å²) in [6.07, 6.45) is 6.44. The fraction of sp³-hybridized carbons (Fsp3) is 0.100. The minimum Gasteiger partial charge on any atom is -0.492 e. The largest absolute Gasteiger partial charge is 0.492 e. The first-order chi connectivity index (χ1) is 13.5. The third-order valence-electron chi connectivity index (χ3n) is 3.72. The van der Waals surface area contributed by atoms with Gasteiger partial charge in [-0.15, -0.1) is 0 Å². The molecule has 6 nitrogen and oxygen atoms in total. The van der Waals surface area contributed by atoms with Crippen LogP contribution in [-0.2, 0) is 11.3 Å². The van der Waals surface area contributed by atoms with Crippen LogP contribution >= 0.6 is 11.6 Å². The molecule has 0 atom stereocenters. The summed E-state index contributed by atoms with van der Waals surface area (Å²) in [4.78, 5) is 12.0. The van der Waals surface area contributed by atoms with E-state index < -0.39 is 5.82 Å². The Morgan fingerprint density at radius 2 is 2.14 bits per heavy atom. The molecule has 0 saturated heterocycles. The number of nitrogens with one attached hydrogen (secondary N) is 1. The van der Waals surface area contributed by atoms with Crippen molar-refractivity contribution >= 4 is 35.0 Å². The fourth-order valence-electron chi connectivity index (χ4n) is 2.41. The van der Waals surface area contributed by atoms with Crippen LogP contribution in [0, 0.1) is 5.82 Å². The predicted octanol–water partition coefficient (Wildman–Crippen LogP) is 3.99. The monoisotopic (exact) mass is 400 g/mol. The molecule has 28 heavy (non-hydrogen) atoms. The Hall–Kier alpha value is -3.32. The van der Waals surface area contributed by atoms with Gasteiger partial charge in [-0.3, -0.25) is 9.48 Å². The van der Waals surface area contributed by atoms with Gasteiger partial charge in [0.05, 0.1) is 24.1 Å². The molecule has 3 rings (SSSR count). The summed E-state index contributed by atoms with van der Waals surface area (Å²) in [5, 5.41) is 7.18. The molecular weight excluding hydrogens is 383 g/mol. The number of anilines is 2. The van der Waals surface area contributed by atoms with Gasteiger partial charge in [-0.05, 0) is 30.3 Å². The zero-order valence-electron chi connectivity index (χ0n) is 14.8. The van der Waals surface area contributed by atoms with Crippen molar-refractivity contribution in [3.05, 3.63) is 77.3 Å². The number of nitrogens with zero attached hydrogens (tertiary/aromatic N) is 2. The molecular formula is C20H18ClFN4O2. The summed E-state index contributed by atoms with van der Waals surface area (Å²) < 4.78 is 20.4. The Morgan fingerprint density at radius 3 is 2.93 bits per heavy atom. The standard InChI is InChI=1S/C20H18ClFN4O2/c21-15-9-16(22)11-17(10-15)28-8-7-26-13-14(12-24-26)5-6-20(27)25-19-4-2-1-3-18(19)23/h1-6,9-13H,7-8,23H2,(H,25,27)/b6-5+. The van der Waals surface area contributed by atoms with E-state index in [2.05, 4.69) is 10.4 Å². The molecule has 144 valence electrons. The molecule has 0 spiro atoms. The maximum atomic E-state index is 13.3. The third kappa shape index (κ3) is 5.59. The number of benzene rings is 2. The van der Waals surface area contributed by atoms with Crippen LogP contribution < -0.4 is 15.8 Å². The van der Waals surface area contributed by atoms with Crippen molar-refractivity contribution in [2.75, 3.05) is 17.7 Å². The van der Waals surface area contributed by atoms with E-state index in [1.165, 1.54) is 18.2 Å². The van der Waals surface area contributed by atoms with Crippen molar-refractivity contribution in [2.45, 2.75) is 6.54 Å². The summed E-state index contributed by atoms with van der Waals surface area (Å²) in [7, 11) is 0. The van der Waals surface area contributed by atoms with E-state index in [0.717, 1.165) is 5.56 Å². The first-order valence-electron chi connectivity index (χ1n) is 8.44.